The number of aromatic nitrogens is 1. The topological polar surface area (TPSA) is 34.2 Å². The summed E-state index contributed by atoms with van der Waals surface area (Å²) in [5.41, 5.74) is 3.01. The molecule has 1 aromatic heterocycles. The lowest BCUT2D eigenvalue weighted by Crippen LogP contribution is -2.33. The van der Waals surface area contributed by atoms with E-state index in [0.717, 1.165) is 23.6 Å². The van der Waals surface area contributed by atoms with Gasteiger partial charge in [-0.25, -0.2) is 4.39 Å². The van der Waals surface area contributed by atoms with Crippen LogP contribution in [0, 0.1) is 5.82 Å². The van der Waals surface area contributed by atoms with E-state index < -0.39 is 0 Å². The van der Waals surface area contributed by atoms with Crippen LogP contribution in [0.25, 0.3) is 0 Å². The first-order valence-electron chi connectivity index (χ1n) is 6.85. The van der Waals surface area contributed by atoms with E-state index in [1.807, 2.05) is 13.0 Å². The molecule has 20 heavy (non-hydrogen) atoms. The molecule has 0 saturated carbocycles. The molecule has 1 aliphatic heterocycles. The van der Waals surface area contributed by atoms with Gasteiger partial charge in [0.15, 0.2) is 6.10 Å². The lowest BCUT2D eigenvalue weighted by molar-refractivity contribution is 0.173. The maximum Gasteiger partial charge on any atom is 0.160 e. The molecule has 0 fully saturated rings. The van der Waals surface area contributed by atoms with Gasteiger partial charge in [-0.1, -0.05) is 13.0 Å². The highest BCUT2D eigenvalue weighted by atomic mass is 19.1. The van der Waals surface area contributed by atoms with Gasteiger partial charge >= 0.3 is 0 Å². The number of nitrogens with one attached hydrogen (secondary N) is 1. The first-order valence-corrected chi connectivity index (χ1v) is 6.85. The van der Waals surface area contributed by atoms with E-state index in [2.05, 4.69) is 29.4 Å². The quantitative estimate of drug-likeness (QED) is 0.904. The van der Waals surface area contributed by atoms with Crippen molar-refractivity contribution < 1.29 is 9.13 Å². The van der Waals surface area contributed by atoms with Crippen LogP contribution in [-0.4, -0.2) is 11.0 Å². The minimum atomic E-state index is -0.335. The highest BCUT2D eigenvalue weighted by Crippen LogP contribution is 2.37. The van der Waals surface area contributed by atoms with E-state index in [9.17, 15) is 4.39 Å². The summed E-state index contributed by atoms with van der Waals surface area (Å²) in [6.07, 6.45) is 2.00. The first kappa shape index (κ1) is 12.9. The molecule has 0 aliphatic carbocycles. The van der Waals surface area contributed by atoms with Crippen molar-refractivity contribution >= 4 is 5.69 Å². The van der Waals surface area contributed by atoms with Crippen molar-refractivity contribution in [3.8, 4) is 5.75 Å². The predicted octanol–water partition coefficient (Wildman–Crippen LogP) is 3.72. The van der Waals surface area contributed by atoms with Gasteiger partial charge in [-0.05, 0) is 43.2 Å². The van der Waals surface area contributed by atoms with Crippen LogP contribution < -0.4 is 10.1 Å². The number of anilines is 1. The minimum absolute atomic E-state index is 0.0765. The average molecular weight is 272 g/mol. The highest BCUT2D eigenvalue weighted by Gasteiger charge is 2.28. The van der Waals surface area contributed by atoms with Crippen molar-refractivity contribution in [1.82, 2.24) is 4.98 Å². The Bertz CT molecular complexity index is 612. The zero-order valence-corrected chi connectivity index (χ0v) is 11.6. The normalized spacial score (nSPS) is 20.8. The molecule has 3 rings (SSSR count). The van der Waals surface area contributed by atoms with Crippen molar-refractivity contribution in [2.24, 2.45) is 0 Å². The SMILES string of the molecule is CCc1ccc2c(c1)NC(C)C(c1ccc(F)cn1)O2. The molecule has 0 bridgehead atoms. The number of hydrogen-bond acceptors (Lipinski definition) is 3. The molecule has 0 radical (unpaired) electrons. The molecule has 2 aromatic rings. The molecule has 3 nitrogen and oxygen atoms in total. The van der Waals surface area contributed by atoms with E-state index >= 15 is 0 Å². The van der Waals surface area contributed by atoms with E-state index in [0.29, 0.717) is 0 Å². The number of benzene rings is 1. The third-order valence-corrected chi connectivity index (χ3v) is 3.59. The lowest BCUT2D eigenvalue weighted by Gasteiger charge is -2.33. The van der Waals surface area contributed by atoms with Gasteiger partial charge in [0.1, 0.15) is 11.6 Å². The molecular weight excluding hydrogens is 255 g/mol. The van der Waals surface area contributed by atoms with Crippen LogP contribution in [0.1, 0.15) is 31.2 Å². The van der Waals surface area contributed by atoms with Gasteiger partial charge < -0.3 is 10.1 Å². The van der Waals surface area contributed by atoms with Crippen molar-refractivity contribution in [1.29, 1.82) is 0 Å². The molecule has 0 saturated heterocycles. The fraction of sp³-hybridized carbons (Fsp3) is 0.312. The number of rotatable bonds is 2. The molecule has 2 heterocycles. The van der Waals surface area contributed by atoms with E-state index in [1.165, 1.54) is 17.8 Å². The Morgan fingerprint density at radius 1 is 1.30 bits per heavy atom. The number of ether oxygens (including phenoxy) is 1. The van der Waals surface area contributed by atoms with Gasteiger partial charge in [-0.3, -0.25) is 4.98 Å². The van der Waals surface area contributed by atoms with Crippen molar-refractivity contribution in [2.75, 3.05) is 5.32 Å². The third kappa shape index (κ3) is 2.33. The summed E-state index contributed by atoms with van der Waals surface area (Å²) in [4.78, 5) is 4.12. The van der Waals surface area contributed by atoms with Crippen LogP contribution in [-0.2, 0) is 6.42 Å². The number of hydrogen-bond donors (Lipinski definition) is 1. The van der Waals surface area contributed by atoms with E-state index in [4.69, 9.17) is 4.74 Å². The largest absolute Gasteiger partial charge is 0.480 e. The zero-order valence-electron chi connectivity index (χ0n) is 11.6. The molecular formula is C16H17FN2O. The van der Waals surface area contributed by atoms with Crippen LogP contribution in [0.3, 0.4) is 0 Å². The fourth-order valence-electron chi connectivity index (χ4n) is 2.44. The molecule has 2 atom stereocenters. The Kier molecular flexibility index (Phi) is 3.30. The smallest absolute Gasteiger partial charge is 0.160 e. The Morgan fingerprint density at radius 3 is 2.85 bits per heavy atom. The van der Waals surface area contributed by atoms with Crippen LogP contribution in [0.2, 0.25) is 0 Å². The second-order valence-electron chi connectivity index (χ2n) is 5.06. The Balaban J connectivity index is 1.90. The van der Waals surface area contributed by atoms with Crippen LogP contribution >= 0.6 is 0 Å². The first-order chi connectivity index (χ1) is 9.67. The second-order valence-corrected chi connectivity index (χ2v) is 5.06. The fourth-order valence-corrected chi connectivity index (χ4v) is 2.44. The maximum absolute atomic E-state index is 13.0. The summed E-state index contributed by atoms with van der Waals surface area (Å²) in [5.74, 6) is 0.481. The zero-order chi connectivity index (χ0) is 14.1. The van der Waals surface area contributed by atoms with Gasteiger partial charge in [0.2, 0.25) is 0 Å². The van der Waals surface area contributed by atoms with Crippen molar-refractivity contribution in [2.45, 2.75) is 32.4 Å². The Labute approximate surface area is 117 Å². The molecule has 4 heteroatoms. The summed E-state index contributed by atoms with van der Waals surface area (Å²) in [5, 5.41) is 3.44. The minimum Gasteiger partial charge on any atom is -0.480 e. The average Bonchev–Trinajstić information content (AvgIpc) is 2.47. The van der Waals surface area contributed by atoms with Gasteiger partial charge in [-0.2, -0.15) is 0 Å². The summed E-state index contributed by atoms with van der Waals surface area (Å²) in [7, 11) is 0. The van der Waals surface area contributed by atoms with E-state index in [1.54, 1.807) is 6.07 Å². The van der Waals surface area contributed by atoms with Gasteiger partial charge in [-0.15, -0.1) is 0 Å². The number of fused-ring (bicyclic) bond motifs is 1. The molecule has 2 unspecified atom stereocenters. The van der Waals surface area contributed by atoms with Crippen molar-refractivity contribution in [3.05, 3.63) is 53.6 Å². The number of nitrogens with zero attached hydrogens (tertiary/aromatic N) is 1. The van der Waals surface area contributed by atoms with Crippen LogP contribution in [0.5, 0.6) is 5.75 Å². The van der Waals surface area contributed by atoms with Gasteiger partial charge in [0.25, 0.3) is 0 Å². The molecule has 1 aliphatic rings. The summed E-state index contributed by atoms with van der Waals surface area (Å²) >= 11 is 0. The van der Waals surface area contributed by atoms with Crippen LogP contribution in [0.15, 0.2) is 36.5 Å². The Morgan fingerprint density at radius 2 is 2.15 bits per heavy atom. The monoisotopic (exact) mass is 272 g/mol. The number of pyridine rings is 1. The van der Waals surface area contributed by atoms with Gasteiger partial charge in [0, 0.05) is 0 Å². The van der Waals surface area contributed by atoms with E-state index in [-0.39, 0.29) is 18.0 Å². The molecule has 1 N–H and O–H groups in total. The third-order valence-electron chi connectivity index (χ3n) is 3.59. The van der Waals surface area contributed by atoms with Crippen molar-refractivity contribution in [3.63, 3.8) is 0 Å². The van der Waals surface area contributed by atoms with Crippen LogP contribution in [0.4, 0.5) is 10.1 Å². The van der Waals surface area contributed by atoms with Gasteiger partial charge in [0.05, 0.1) is 23.6 Å². The summed E-state index contributed by atoms with van der Waals surface area (Å²) in [6.45, 7) is 4.16. The molecule has 104 valence electrons. The summed E-state index contributed by atoms with van der Waals surface area (Å²) < 4.78 is 19.0. The molecule has 1 aromatic carbocycles. The molecule has 0 spiro atoms. The number of aryl methyl sites for hydroxylation is 1. The number of halogens is 1. The molecule has 0 amide bonds. The standard InChI is InChI=1S/C16H17FN2O/c1-3-11-4-7-15-14(8-11)19-10(2)16(20-15)13-6-5-12(17)9-18-13/h4-10,16,19H,3H2,1-2H3. The predicted molar refractivity (Wildman–Crippen MR) is 76.5 cm³/mol. The Hall–Kier alpha value is -2.10. The summed E-state index contributed by atoms with van der Waals surface area (Å²) in [6, 6.07) is 9.31. The maximum atomic E-state index is 13.0. The second kappa shape index (κ2) is 5.12. The lowest BCUT2D eigenvalue weighted by atomic mass is 10.0. The highest BCUT2D eigenvalue weighted by molar-refractivity contribution is 5.60.